The van der Waals surface area contributed by atoms with Gasteiger partial charge in [0.05, 0.1) is 15.6 Å². The summed E-state index contributed by atoms with van der Waals surface area (Å²) in [5, 5.41) is 0.850. The van der Waals surface area contributed by atoms with E-state index >= 15 is 0 Å². The number of hydrogen-bond acceptors (Lipinski definition) is 3. The fourth-order valence-electron chi connectivity index (χ4n) is 3.44. The van der Waals surface area contributed by atoms with Gasteiger partial charge in [-0.15, -0.1) is 0 Å². The van der Waals surface area contributed by atoms with Crippen molar-refractivity contribution in [2.75, 3.05) is 31.1 Å². The smallest absolute Gasteiger partial charge is 0.256 e. The fraction of sp³-hybridized carbons (Fsp3) is 0.238. The highest BCUT2D eigenvalue weighted by molar-refractivity contribution is 9.10. The van der Waals surface area contributed by atoms with Gasteiger partial charge in [0.25, 0.3) is 5.91 Å². The molecule has 1 aliphatic rings. The molecule has 1 aromatic heterocycles. The van der Waals surface area contributed by atoms with E-state index in [0.29, 0.717) is 29.6 Å². The van der Waals surface area contributed by atoms with Crippen molar-refractivity contribution < 1.29 is 13.6 Å². The molecule has 144 valence electrons. The molecule has 28 heavy (non-hydrogen) atoms. The molecule has 4 nitrogen and oxygen atoms in total. The van der Waals surface area contributed by atoms with Crippen molar-refractivity contribution in [1.29, 1.82) is 0 Å². The lowest BCUT2D eigenvalue weighted by molar-refractivity contribution is 0.0762. The molecule has 0 unspecified atom stereocenters. The number of fused-ring (bicyclic) bond motifs is 1. The number of pyridine rings is 1. The number of hydrogen-bond donors (Lipinski definition) is 0. The normalized spacial score (nSPS) is 15.0. The summed E-state index contributed by atoms with van der Waals surface area (Å²) >= 11 is 3.19. The summed E-state index contributed by atoms with van der Waals surface area (Å²) in [6.45, 7) is 2.33. The average molecular weight is 446 g/mol. The second-order valence-electron chi connectivity index (χ2n) is 6.74. The van der Waals surface area contributed by atoms with Crippen LogP contribution in [0.25, 0.3) is 10.9 Å². The van der Waals surface area contributed by atoms with Gasteiger partial charge in [0.1, 0.15) is 17.5 Å². The lowest BCUT2D eigenvalue weighted by Crippen LogP contribution is -2.35. The lowest BCUT2D eigenvalue weighted by atomic mass is 10.2. The molecule has 0 radical (unpaired) electrons. The zero-order valence-corrected chi connectivity index (χ0v) is 16.6. The molecule has 1 amide bonds. The van der Waals surface area contributed by atoms with E-state index < -0.39 is 5.82 Å². The summed E-state index contributed by atoms with van der Waals surface area (Å²) in [5.74, 6) is -0.402. The van der Waals surface area contributed by atoms with Crippen LogP contribution < -0.4 is 4.90 Å². The third-order valence-electron chi connectivity index (χ3n) is 4.93. The number of anilines is 1. The molecule has 1 fully saturated rings. The highest BCUT2D eigenvalue weighted by atomic mass is 79.9. The Morgan fingerprint density at radius 3 is 2.61 bits per heavy atom. The molecule has 2 aromatic carbocycles. The quantitative estimate of drug-likeness (QED) is 0.576. The molecule has 1 saturated heterocycles. The first kappa shape index (κ1) is 18.8. The van der Waals surface area contributed by atoms with E-state index in [2.05, 4.69) is 25.8 Å². The Hall–Kier alpha value is -2.54. The van der Waals surface area contributed by atoms with Crippen LogP contribution in [0.1, 0.15) is 16.8 Å². The third-order valence-corrected chi connectivity index (χ3v) is 5.54. The van der Waals surface area contributed by atoms with Crippen LogP contribution in [0, 0.1) is 11.6 Å². The SMILES string of the molecule is O=C(c1ccccc1F)N1CCCN(c2ccc3cc(Br)c(F)cc3n2)CC1. The van der Waals surface area contributed by atoms with Gasteiger partial charge < -0.3 is 9.80 Å². The number of carbonyl (C=O) groups excluding carboxylic acids is 1. The largest absolute Gasteiger partial charge is 0.355 e. The second kappa shape index (κ2) is 7.83. The average Bonchev–Trinajstić information content (AvgIpc) is 2.95. The Labute approximate surface area is 169 Å². The van der Waals surface area contributed by atoms with Gasteiger partial charge in [0, 0.05) is 37.6 Å². The summed E-state index contributed by atoms with van der Waals surface area (Å²) < 4.78 is 28.2. The first-order chi connectivity index (χ1) is 13.5. The van der Waals surface area contributed by atoms with Crippen LogP contribution in [-0.4, -0.2) is 42.0 Å². The van der Waals surface area contributed by atoms with E-state index in [-0.39, 0.29) is 17.3 Å². The first-order valence-electron chi connectivity index (χ1n) is 9.07. The zero-order valence-electron chi connectivity index (χ0n) is 15.0. The topological polar surface area (TPSA) is 36.4 Å². The van der Waals surface area contributed by atoms with Gasteiger partial charge in [-0.05, 0) is 52.7 Å². The van der Waals surface area contributed by atoms with Crippen molar-refractivity contribution in [3.05, 3.63) is 70.2 Å². The summed E-state index contributed by atoms with van der Waals surface area (Å²) in [4.78, 5) is 21.0. The van der Waals surface area contributed by atoms with Gasteiger partial charge in [-0.2, -0.15) is 0 Å². The van der Waals surface area contributed by atoms with Gasteiger partial charge in [-0.1, -0.05) is 12.1 Å². The molecule has 0 bridgehead atoms. The van der Waals surface area contributed by atoms with Crippen molar-refractivity contribution >= 4 is 38.6 Å². The van der Waals surface area contributed by atoms with E-state index in [1.807, 2.05) is 12.1 Å². The first-order valence-corrected chi connectivity index (χ1v) is 9.87. The highest BCUT2D eigenvalue weighted by Gasteiger charge is 2.23. The monoisotopic (exact) mass is 445 g/mol. The van der Waals surface area contributed by atoms with E-state index in [0.717, 1.165) is 24.2 Å². The molecular weight excluding hydrogens is 428 g/mol. The molecule has 2 heterocycles. The maximum absolute atomic E-state index is 13.9. The predicted octanol–water partition coefficient (Wildman–Crippen LogP) is 4.63. The van der Waals surface area contributed by atoms with Gasteiger partial charge in [0.15, 0.2) is 0 Å². The number of aromatic nitrogens is 1. The van der Waals surface area contributed by atoms with Crippen LogP contribution in [0.5, 0.6) is 0 Å². The molecule has 4 rings (SSSR count). The van der Waals surface area contributed by atoms with Crippen LogP contribution in [0.3, 0.4) is 0 Å². The molecular formula is C21H18BrF2N3O. The molecule has 3 aromatic rings. The molecule has 7 heteroatoms. The van der Waals surface area contributed by atoms with Crippen LogP contribution in [-0.2, 0) is 0 Å². The molecule has 0 N–H and O–H groups in total. The Kier molecular flexibility index (Phi) is 5.26. The molecule has 0 spiro atoms. The van der Waals surface area contributed by atoms with Gasteiger partial charge in [-0.25, -0.2) is 13.8 Å². The Balaban J connectivity index is 1.52. The van der Waals surface area contributed by atoms with Crippen LogP contribution in [0.15, 0.2) is 53.0 Å². The summed E-state index contributed by atoms with van der Waals surface area (Å²) in [6.07, 6.45) is 0.745. The number of nitrogens with zero attached hydrogens (tertiary/aromatic N) is 3. The number of carbonyl (C=O) groups is 1. The maximum Gasteiger partial charge on any atom is 0.256 e. The van der Waals surface area contributed by atoms with E-state index in [9.17, 15) is 13.6 Å². The van der Waals surface area contributed by atoms with Crippen molar-refractivity contribution in [1.82, 2.24) is 9.88 Å². The van der Waals surface area contributed by atoms with Gasteiger partial charge in [-0.3, -0.25) is 4.79 Å². The van der Waals surface area contributed by atoms with Gasteiger partial charge in [0.2, 0.25) is 0 Å². The van der Waals surface area contributed by atoms with Crippen molar-refractivity contribution in [2.45, 2.75) is 6.42 Å². The maximum atomic E-state index is 13.9. The Morgan fingerprint density at radius 1 is 0.964 bits per heavy atom. The highest BCUT2D eigenvalue weighted by Crippen LogP contribution is 2.25. The molecule has 0 saturated carbocycles. The molecule has 0 aliphatic carbocycles. The standard InChI is InChI=1S/C21H18BrF2N3O/c22-16-12-14-6-7-20(25-19(14)13-18(16)24)26-8-3-9-27(11-10-26)21(28)15-4-1-2-5-17(15)23/h1-2,4-7,12-13H,3,8-11H2. The summed E-state index contributed by atoms with van der Waals surface area (Å²) in [7, 11) is 0. The number of rotatable bonds is 2. The van der Waals surface area contributed by atoms with E-state index in [4.69, 9.17) is 0 Å². The predicted molar refractivity (Wildman–Crippen MR) is 109 cm³/mol. The summed E-state index contributed by atoms with van der Waals surface area (Å²) in [5.41, 5.74) is 0.683. The minimum absolute atomic E-state index is 0.0980. The second-order valence-corrected chi connectivity index (χ2v) is 7.60. The third kappa shape index (κ3) is 3.71. The minimum atomic E-state index is -0.502. The van der Waals surface area contributed by atoms with Crippen molar-refractivity contribution in [2.24, 2.45) is 0 Å². The van der Waals surface area contributed by atoms with Crippen LogP contribution >= 0.6 is 15.9 Å². The van der Waals surface area contributed by atoms with Gasteiger partial charge >= 0.3 is 0 Å². The Morgan fingerprint density at radius 2 is 1.79 bits per heavy atom. The fourth-order valence-corrected chi connectivity index (χ4v) is 3.80. The molecule has 1 aliphatic heterocycles. The molecule has 0 atom stereocenters. The number of benzene rings is 2. The van der Waals surface area contributed by atoms with E-state index in [1.54, 1.807) is 23.1 Å². The Bertz CT molecular complexity index is 1040. The van der Waals surface area contributed by atoms with E-state index in [1.165, 1.54) is 18.2 Å². The summed E-state index contributed by atoms with van der Waals surface area (Å²) in [6, 6.07) is 13.0. The number of amides is 1. The number of halogens is 3. The van der Waals surface area contributed by atoms with Crippen LogP contribution in [0.2, 0.25) is 0 Å². The zero-order chi connectivity index (χ0) is 19.7. The minimum Gasteiger partial charge on any atom is -0.355 e. The lowest BCUT2D eigenvalue weighted by Gasteiger charge is -2.23. The van der Waals surface area contributed by atoms with Crippen molar-refractivity contribution in [3.8, 4) is 0 Å². The van der Waals surface area contributed by atoms with Crippen LogP contribution in [0.4, 0.5) is 14.6 Å². The van der Waals surface area contributed by atoms with Crippen molar-refractivity contribution in [3.63, 3.8) is 0 Å².